The van der Waals surface area contributed by atoms with Gasteiger partial charge in [-0.1, -0.05) is 30.3 Å². The van der Waals surface area contributed by atoms with Crippen molar-refractivity contribution >= 4 is 11.8 Å². The molecule has 6 heteroatoms. The first-order valence-corrected chi connectivity index (χ1v) is 7.99. The molecule has 1 aromatic heterocycles. The van der Waals surface area contributed by atoms with Crippen LogP contribution < -0.4 is 5.32 Å². The highest BCUT2D eigenvalue weighted by Gasteiger charge is 2.34. The number of nitrogens with zero attached hydrogens (tertiary/aromatic N) is 3. The third-order valence-corrected chi connectivity index (χ3v) is 4.08. The van der Waals surface area contributed by atoms with Gasteiger partial charge >= 0.3 is 0 Å². The lowest BCUT2D eigenvalue weighted by atomic mass is 10.1. The fraction of sp³-hybridized carbons (Fsp3) is 0.333. The minimum absolute atomic E-state index is 0.0223. The Bertz CT molecular complexity index is 716. The molecule has 1 aliphatic rings. The average Bonchev–Trinajstić information content (AvgIpc) is 2.96. The smallest absolute Gasteiger partial charge is 0.225 e. The molecule has 2 aromatic rings. The Hall–Kier alpha value is -2.76. The summed E-state index contributed by atoms with van der Waals surface area (Å²) >= 11 is 0. The first kappa shape index (κ1) is 16.1. The van der Waals surface area contributed by atoms with Crippen LogP contribution in [0.1, 0.15) is 23.4 Å². The van der Waals surface area contributed by atoms with Crippen LogP contribution in [-0.4, -0.2) is 33.2 Å². The zero-order valence-corrected chi connectivity index (χ0v) is 13.6. The number of rotatable bonds is 5. The van der Waals surface area contributed by atoms with Crippen molar-refractivity contribution in [3.8, 4) is 0 Å². The predicted molar refractivity (Wildman–Crippen MR) is 88.6 cm³/mol. The topological polar surface area (TPSA) is 75.2 Å². The van der Waals surface area contributed by atoms with E-state index in [0.29, 0.717) is 25.3 Å². The first-order chi connectivity index (χ1) is 11.6. The van der Waals surface area contributed by atoms with E-state index in [-0.39, 0.29) is 24.2 Å². The summed E-state index contributed by atoms with van der Waals surface area (Å²) in [6.07, 6.45) is 3.58. The molecule has 2 amide bonds. The predicted octanol–water partition coefficient (Wildman–Crippen LogP) is 1.45. The van der Waals surface area contributed by atoms with Crippen molar-refractivity contribution in [3.63, 3.8) is 0 Å². The third kappa shape index (κ3) is 3.95. The Labute approximate surface area is 140 Å². The Morgan fingerprint density at radius 3 is 2.75 bits per heavy atom. The van der Waals surface area contributed by atoms with Gasteiger partial charge in [0, 0.05) is 25.7 Å². The second kappa shape index (κ2) is 7.21. The van der Waals surface area contributed by atoms with Gasteiger partial charge in [-0.15, -0.1) is 0 Å². The molecular weight excluding hydrogens is 304 g/mol. The third-order valence-electron chi connectivity index (χ3n) is 4.08. The summed E-state index contributed by atoms with van der Waals surface area (Å²) in [6, 6.07) is 9.80. The van der Waals surface area contributed by atoms with E-state index in [9.17, 15) is 9.59 Å². The molecule has 1 N–H and O–H groups in total. The molecule has 0 bridgehead atoms. The molecule has 3 rings (SSSR count). The van der Waals surface area contributed by atoms with Crippen molar-refractivity contribution in [2.45, 2.75) is 26.4 Å². The van der Waals surface area contributed by atoms with Crippen LogP contribution in [0, 0.1) is 12.8 Å². The SMILES string of the molecule is Cc1cnc(CNC(=O)C2CC(=O)N(Cc3ccccc3)C2)cn1. The van der Waals surface area contributed by atoms with E-state index in [0.717, 1.165) is 11.3 Å². The number of aryl methyl sites for hydroxylation is 1. The molecule has 1 aromatic carbocycles. The molecule has 1 fully saturated rings. The van der Waals surface area contributed by atoms with Crippen LogP contribution in [0.15, 0.2) is 42.7 Å². The standard InChI is InChI=1S/C18H20N4O2/c1-13-8-20-16(9-19-13)10-21-18(24)15-7-17(23)22(12-15)11-14-5-3-2-4-6-14/h2-6,8-9,15H,7,10-12H2,1H3,(H,21,24). The number of hydrogen-bond donors (Lipinski definition) is 1. The molecule has 1 aliphatic heterocycles. The van der Waals surface area contributed by atoms with E-state index in [1.807, 2.05) is 37.3 Å². The van der Waals surface area contributed by atoms with Gasteiger partial charge in [0.05, 0.1) is 30.0 Å². The van der Waals surface area contributed by atoms with Gasteiger partial charge in [-0.3, -0.25) is 19.6 Å². The molecule has 0 spiro atoms. The van der Waals surface area contributed by atoms with Gasteiger partial charge in [-0.05, 0) is 12.5 Å². The van der Waals surface area contributed by atoms with Crippen LogP contribution in [0.3, 0.4) is 0 Å². The Kier molecular flexibility index (Phi) is 4.84. The summed E-state index contributed by atoms with van der Waals surface area (Å²) in [6.45, 7) is 3.20. The quantitative estimate of drug-likeness (QED) is 0.903. The largest absolute Gasteiger partial charge is 0.350 e. The monoisotopic (exact) mass is 324 g/mol. The molecule has 1 saturated heterocycles. The van der Waals surface area contributed by atoms with E-state index >= 15 is 0 Å². The van der Waals surface area contributed by atoms with Gasteiger partial charge in [-0.2, -0.15) is 0 Å². The van der Waals surface area contributed by atoms with E-state index in [1.165, 1.54) is 0 Å². The molecule has 124 valence electrons. The lowest BCUT2D eigenvalue weighted by Crippen LogP contribution is -2.32. The Balaban J connectivity index is 1.53. The second-order valence-corrected chi connectivity index (χ2v) is 6.03. The van der Waals surface area contributed by atoms with Crippen molar-refractivity contribution < 1.29 is 9.59 Å². The molecule has 24 heavy (non-hydrogen) atoms. The van der Waals surface area contributed by atoms with Gasteiger partial charge in [0.15, 0.2) is 0 Å². The van der Waals surface area contributed by atoms with Crippen molar-refractivity contribution in [2.75, 3.05) is 6.54 Å². The fourth-order valence-corrected chi connectivity index (χ4v) is 2.74. The summed E-state index contributed by atoms with van der Waals surface area (Å²) in [5.41, 5.74) is 2.62. The molecule has 0 aliphatic carbocycles. The zero-order valence-electron chi connectivity index (χ0n) is 13.6. The van der Waals surface area contributed by atoms with Gasteiger partial charge in [0.25, 0.3) is 0 Å². The van der Waals surface area contributed by atoms with Gasteiger partial charge in [0.2, 0.25) is 11.8 Å². The maximum atomic E-state index is 12.3. The summed E-state index contributed by atoms with van der Waals surface area (Å²) in [5.74, 6) is -0.393. The molecular formula is C18H20N4O2. The number of carbonyl (C=O) groups excluding carboxylic acids is 2. The molecule has 2 heterocycles. The van der Waals surface area contributed by atoms with Crippen LogP contribution in [-0.2, 0) is 22.7 Å². The number of aromatic nitrogens is 2. The molecule has 1 atom stereocenters. The molecule has 0 radical (unpaired) electrons. The van der Waals surface area contributed by atoms with Gasteiger partial charge < -0.3 is 10.2 Å². The lowest BCUT2D eigenvalue weighted by Gasteiger charge is -2.16. The maximum Gasteiger partial charge on any atom is 0.225 e. The number of carbonyl (C=O) groups is 2. The van der Waals surface area contributed by atoms with Crippen LogP contribution in [0.25, 0.3) is 0 Å². The Morgan fingerprint density at radius 1 is 1.25 bits per heavy atom. The first-order valence-electron chi connectivity index (χ1n) is 7.99. The highest BCUT2D eigenvalue weighted by atomic mass is 16.2. The van der Waals surface area contributed by atoms with E-state index in [2.05, 4.69) is 15.3 Å². The summed E-state index contributed by atoms with van der Waals surface area (Å²) in [4.78, 5) is 34.5. The average molecular weight is 324 g/mol. The number of benzene rings is 1. The van der Waals surface area contributed by atoms with Gasteiger partial charge in [-0.25, -0.2) is 0 Å². The van der Waals surface area contributed by atoms with Crippen LogP contribution >= 0.6 is 0 Å². The highest BCUT2D eigenvalue weighted by Crippen LogP contribution is 2.20. The zero-order chi connectivity index (χ0) is 16.9. The van der Waals surface area contributed by atoms with Gasteiger partial charge in [0.1, 0.15) is 0 Å². The number of likely N-dealkylation sites (tertiary alicyclic amines) is 1. The highest BCUT2D eigenvalue weighted by molar-refractivity contribution is 5.89. The minimum atomic E-state index is -0.306. The van der Waals surface area contributed by atoms with Crippen LogP contribution in [0.4, 0.5) is 0 Å². The van der Waals surface area contributed by atoms with Crippen LogP contribution in [0.2, 0.25) is 0 Å². The Morgan fingerprint density at radius 2 is 2.04 bits per heavy atom. The summed E-state index contributed by atoms with van der Waals surface area (Å²) in [5, 5.41) is 2.84. The number of amides is 2. The molecule has 6 nitrogen and oxygen atoms in total. The van der Waals surface area contributed by atoms with E-state index in [1.54, 1.807) is 17.3 Å². The normalized spacial score (nSPS) is 17.1. The summed E-state index contributed by atoms with van der Waals surface area (Å²) in [7, 11) is 0. The van der Waals surface area contributed by atoms with E-state index in [4.69, 9.17) is 0 Å². The number of hydrogen-bond acceptors (Lipinski definition) is 4. The van der Waals surface area contributed by atoms with Crippen molar-refractivity contribution in [2.24, 2.45) is 5.92 Å². The van der Waals surface area contributed by atoms with Crippen molar-refractivity contribution in [3.05, 3.63) is 59.7 Å². The van der Waals surface area contributed by atoms with Crippen molar-refractivity contribution in [1.82, 2.24) is 20.2 Å². The fourth-order valence-electron chi connectivity index (χ4n) is 2.74. The molecule has 0 saturated carbocycles. The number of nitrogens with one attached hydrogen (secondary N) is 1. The second-order valence-electron chi connectivity index (χ2n) is 6.03. The molecule has 1 unspecified atom stereocenters. The lowest BCUT2D eigenvalue weighted by molar-refractivity contribution is -0.129. The van der Waals surface area contributed by atoms with Crippen LogP contribution in [0.5, 0.6) is 0 Å². The van der Waals surface area contributed by atoms with E-state index < -0.39 is 0 Å². The minimum Gasteiger partial charge on any atom is -0.350 e. The van der Waals surface area contributed by atoms with Crippen molar-refractivity contribution in [1.29, 1.82) is 0 Å². The maximum absolute atomic E-state index is 12.3. The summed E-state index contributed by atoms with van der Waals surface area (Å²) < 4.78 is 0.